The van der Waals surface area contributed by atoms with Gasteiger partial charge in [0.1, 0.15) is 4.90 Å². The Balaban J connectivity index is 1.58. The Labute approximate surface area is 176 Å². The second kappa shape index (κ2) is 8.97. The minimum atomic E-state index is -3.68. The number of aromatic nitrogens is 2. The molecule has 1 saturated heterocycles. The van der Waals surface area contributed by atoms with Crippen molar-refractivity contribution < 1.29 is 18.0 Å². The lowest BCUT2D eigenvalue weighted by Gasteiger charge is -2.34. The van der Waals surface area contributed by atoms with Crippen LogP contribution in [0.5, 0.6) is 0 Å². The Bertz CT molecular complexity index is 1020. The maximum atomic E-state index is 13.1. The molecule has 1 fully saturated rings. The molecule has 1 aromatic heterocycles. The summed E-state index contributed by atoms with van der Waals surface area (Å²) >= 11 is 0. The molecule has 2 amide bonds. The number of rotatable bonds is 6. The van der Waals surface area contributed by atoms with E-state index in [2.05, 4.69) is 10.4 Å². The van der Waals surface area contributed by atoms with Crippen molar-refractivity contribution in [1.29, 1.82) is 0 Å². The normalized spacial score (nSPS) is 15.2. The lowest BCUT2D eigenvalue weighted by atomic mass is 10.2. The number of amides is 2. The van der Waals surface area contributed by atoms with Gasteiger partial charge in [0.15, 0.2) is 0 Å². The number of aryl methyl sites for hydroxylation is 2. The first-order chi connectivity index (χ1) is 14.3. The molecule has 0 atom stereocenters. The second-order valence-corrected chi connectivity index (χ2v) is 9.02. The van der Waals surface area contributed by atoms with E-state index in [1.807, 2.05) is 13.0 Å². The van der Waals surface area contributed by atoms with Gasteiger partial charge in [0.2, 0.25) is 15.9 Å². The smallest absolute Gasteiger partial charge is 0.251 e. The van der Waals surface area contributed by atoms with E-state index in [-0.39, 0.29) is 49.4 Å². The number of carbonyl (C=O) groups excluding carboxylic acids is 2. The van der Waals surface area contributed by atoms with Crippen LogP contribution in [-0.2, 0) is 21.4 Å². The summed E-state index contributed by atoms with van der Waals surface area (Å²) in [4.78, 5) is 26.4. The van der Waals surface area contributed by atoms with Crippen molar-refractivity contribution in [3.05, 3.63) is 47.3 Å². The van der Waals surface area contributed by atoms with Gasteiger partial charge >= 0.3 is 0 Å². The third kappa shape index (κ3) is 4.39. The highest BCUT2D eigenvalue weighted by Gasteiger charge is 2.34. The quantitative estimate of drug-likeness (QED) is 0.725. The van der Waals surface area contributed by atoms with Crippen LogP contribution in [0.3, 0.4) is 0 Å². The maximum Gasteiger partial charge on any atom is 0.251 e. The first-order valence-electron chi connectivity index (χ1n) is 9.91. The highest BCUT2D eigenvalue weighted by Crippen LogP contribution is 2.24. The molecule has 3 rings (SSSR count). The minimum Gasteiger partial charge on any atom is -0.343 e. The maximum absolute atomic E-state index is 13.1. The number of nitrogens with one attached hydrogen (secondary N) is 1. The van der Waals surface area contributed by atoms with E-state index >= 15 is 0 Å². The van der Waals surface area contributed by atoms with E-state index in [0.717, 1.165) is 0 Å². The zero-order valence-corrected chi connectivity index (χ0v) is 18.3. The van der Waals surface area contributed by atoms with Crippen molar-refractivity contribution in [3.8, 4) is 0 Å². The van der Waals surface area contributed by atoms with E-state index in [1.165, 1.54) is 4.31 Å². The fourth-order valence-corrected chi connectivity index (χ4v) is 5.42. The minimum absolute atomic E-state index is 0.123. The van der Waals surface area contributed by atoms with E-state index in [0.29, 0.717) is 23.5 Å². The third-order valence-electron chi connectivity index (χ3n) is 5.24. The number of hydrogen-bond donors (Lipinski definition) is 1. The topological polar surface area (TPSA) is 105 Å². The average molecular weight is 434 g/mol. The number of nitrogens with zero attached hydrogens (tertiary/aromatic N) is 4. The molecule has 1 aromatic carbocycles. The van der Waals surface area contributed by atoms with Crippen molar-refractivity contribution in [2.45, 2.75) is 32.2 Å². The molecule has 1 aliphatic heterocycles. The average Bonchev–Trinajstić information content (AvgIpc) is 3.06. The summed E-state index contributed by atoms with van der Waals surface area (Å²) in [5.74, 6) is -0.549. The van der Waals surface area contributed by atoms with Gasteiger partial charge in [0, 0.05) is 38.3 Å². The Kier molecular flexibility index (Phi) is 6.57. The van der Waals surface area contributed by atoms with Crippen LogP contribution in [0.4, 0.5) is 0 Å². The molecule has 10 heteroatoms. The predicted molar refractivity (Wildman–Crippen MR) is 111 cm³/mol. The van der Waals surface area contributed by atoms with Gasteiger partial charge < -0.3 is 10.2 Å². The van der Waals surface area contributed by atoms with Gasteiger partial charge in [-0.25, -0.2) is 8.42 Å². The number of benzene rings is 1. The summed E-state index contributed by atoms with van der Waals surface area (Å²) in [6.45, 7) is 6.80. The van der Waals surface area contributed by atoms with Gasteiger partial charge in [-0.3, -0.25) is 14.3 Å². The molecule has 0 radical (unpaired) electrons. The molecule has 0 bridgehead atoms. The molecule has 1 N–H and O–H groups in total. The van der Waals surface area contributed by atoms with Crippen LogP contribution in [0.15, 0.2) is 35.2 Å². The van der Waals surface area contributed by atoms with Gasteiger partial charge in [-0.1, -0.05) is 18.2 Å². The van der Waals surface area contributed by atoms with E-state index in [4.69, 9.17) is 0 Å². The Hall–Kier alpha value is -2.72. The number of hydrogen-bond acceptors (Lipinski definition) is 5. The standard InChI is InChI=1S/C20H27N5O4S/c1-4-25-16(3)19(15(2)22-25)30(28,29)24-12-10-23(11-13-24)18(26)14-21-20(27)17-8-6-5-7-9-17/h5-9H,4,10-14H2,1-3H3,(H,21,27). The first-order valence-corrected chi connectivity index (χ1v) is 11.3. The van der Waals surface area contributed by atoms with Crippen LogP contribution >= 0.6 is 0 Å². The largest absolute Gasteiger partial charge is 0.343 e. The number of sulfonamides is 1. The van der Waals surface area contributed by atoms with Gasteiger partial charge in [-0.05, 0) is 32.9 Å². The highest BCUT2D eigenvalue weighted by atomic mass is 32.2. The van der Waals surface area contributed by atoms with Crippen molar-refractivity contribution in [3.63, 3.8) is 0 Å². The Morgan fingerprint density at radius 3 is 2.27 bits per heavy atom. The lowest BCUT2D eigenvalue weighted by molar-refractivity contribution is -0.131. The molecule has 0 unspecified atom stereocenters. The molecule has 0 saturated carbocycles. The summed E-state index contributed by atoms with van der Waals surface area (Å²) in [5.41, 5.74) is 1.59. The van der Waals surface area contributed by atoms with Gasteiger partial charge in [0.05, 0.1) is 17.9 Å². The molecule has 162 valence electrons. The summed E-state index contributed by atoms with van der Waals surface area (Å²) in [5, 5.41) is 6.92. The van der Waals surface area contributed by atoms with Gasteiger partial charge in [-0.2, -0.15) is 9.40 Å². The second-order valence-electron chi connectivity index (χ2n) is 7.15. The van der Waals surface area contributed by atoms with Crippen LogP contribution in [0.1, 0.15) is 28.7 Å². The van der Waals surface area contributed by atoms with Crippen molar-refractivity contribution in [1.82, 2.24) is 24.3 Å². The molecule has 1 aliphatic rings. The molecule has 2 aromatic rings. The number of carbonyl (C=O) groups is 2. The van der Waals surface area contributed by atoms with E-state index < -0.39 is 10.0 Å². The SMILES string of the molecule is CCn1nc(C)c(S(=O)(=O)N2CCN(C(=O)CNC(=O)c3ccccc3)CC2)c1C. The van der Waals surface area contributed by atoms with Crippen LogP contribution < -0.4 is 5.32 Å². The highest BCUT2D eigenvalue weighted by molar-refractivity contribution is 7.89. The van der Waals surface area contributed by atoms with E-state index in [1.54, 1.807) is 47.7 Å². The van der Waals surface area contributed by atoms with Crippen LogP contribution in [0.2, 0.25) is 0 Å². The summed E-state index contributed by atoms with van der Waals surface area (Å²) in [6, 6.07) is 8.67. The zero-order chi connectivity index (χ0) is 21.9. The first kappa shape index (κ1) is 22.0. The zero-order valence-electron chi connectivity index (χ0n) is 17.5. The van der Waals surface area contributed by atoms with Crippen molar-refractivity contribution in [2.24, 2.45) is 0 Å². The monoisotopic (exact) mass is 433 g/mol. The molecule has 0 aliphatic carbocycles. The lowest BCUT2D eigenvalue weighted by Crippen LogP contribution is -2.52. The van der Waals surface area contributed by atoms with Crippen LogP contribution in [0.25, 0.3) is 0 Å². The number of piperazine rings is 1. The van der Waals surface area contributed by atoms with Crippen molar-refractivity contribution >= 4 is 21.8 Å². The molecular weight excluding hydrogens is 406 g/mol. The van der Waals surface area contributed by atoms with Crippen molar-refractivity contribution in [2.75, 3.05) is 32.7 Å². The summed E-state index contributed by atoms with van der Waals surface area (Å²) in [6.07, 6.45) is 0. The molecule has 0 spiro atoms. The van der Waals surface area contributed by atoms with Crippen LogP contribution in [0, 0.1) is 13.8 Å². The van der Waals surface area contributed by atoms with Gasteiger partial charge in [-0.15, -0.1) is 0 Å². The fraction of sp³-hybridized carbons (Fsp3) is 0.450. The summed E-state index contributed by atoms with van der Waals surface area (Å²) < 4.78 is 29.3. The van der Waals surface area contributed by atoms with Gasteiger partial charge in [0.25, 0.3) is 5.91 Å². The summed E-state index contributed by atoms with van der Waals surface area (Å²) in [7, 11) is -3.68. The predicted octanol–water partition coefficient (Wildman–Crippen LogP) is 0.783. The molecular formula is C20H27N5O4S. The molecule has 30 heavy (non-hydrogen) atoms. The molecule has 9 nitrogen and oxygen atoms in total. The Morgan fingerprint density at radius 2 is 1.70 bits per heavy atom. The molecule has 2 heterocycles. The van der Waals surface area contributed by atoms with E-state index in [9.17, 15) is 18.0 Å². The van der Waals surface area contributed by atoms with Crippen LogP contribution in [-0.4, -0.2) is 71.9 Å². The fourth-order valence-electron chi connectivity index (χ4n) is 3.63. The third-order valence-corrected chi connectivity index (χ3v) is 7.39. The Morgan fingerprint density at radius 1 is 1.07 bits per heavy atom.